The predicted molar refractivity (Wildman–Crippen MR) is 63.4 cm³/mol. The molecule has 1 aromatic rings. The van der Waals surface area contributed by atoms with Crippen molar-refractivity contribution in [1.29, 1.82) is 0 Å². The van der Waals surface area contributed by atoms with Crippen LogP contribution in [0.3, 0.4) is 0 Å². The smallest absolute Gasteiger partial charge is 0.224 e. The van der Waals surface area contributed by atoms with Gasteiger partial charge in [0.25, 0.3) is 0 Å². The topological polar surface area (TPSA) is 72.2 Å². The van der Waals surface area contributed by atoms with Crippen molar-refractivity contribution in [3.63, 3.8) is 0 Å². The fourth-order valence-corrected chi connectivity index (χ4v) is 1.70. The second-order valence-corrected chi connectivity index (χ2v) is 4.57. The molecular weight excluding hydrogens is 224 g/mol. The summed E-state index contributed by atoms with van der Waals surface area (Å²) in [4.78, 5) is 23.2. The molecule has 16 heavy (non-hydrogen) atoms. The zero-order valence-corrected chi connectivity index (χ0v) is 9.92. The molecular formula is C11H15N2O2S. The van der Waals surface area contributed by atoms with E-state index in [1.165, 1.54) is 6.42 Å². The van der Waals surface area contributed by atoms with Crippen molar-refractivity contribution in [2.75, 3.05) is 0 Å². The molecule has 0 aromatic carbocycles. The fraction of sp³-hybridized carbons (Fsp3) is 0.364. The first-order valence-electron chi connectivity index (χ1n) is 5.02. The number of carbonyl (C=O) groups excluding carboxylic acids is 2. The van der Waals surface area contributed by atoms with E-state index < -0.39 is 0 Å². The number of rotatable bonds is 6. The summed E-state index contributed by atoms with van der Waals surface area (Å²) >= 11 is 1.59. The number of amides is 2. The van der Waals surface area contributed by atoms with E-state index in [1.807, 2.05) is 17.5 Å². The lowest BCUT2D eigenvalue weighted by Crippen LogP contribution is -2.26. The van der Waals surface area contributed by atoms with Crippen molar-refractivity contribution in [3.8, 4) is 0 Å². The lowest BCUT2D eigenvalue weighted by molar-refractivity contribution is -0.121. The second kappa shape index (κ2) is 6.27. The monoisotopic (exact) mass is 239 g/mol. The first-order valence-corrected chi connectivity index (χ1v) is 5.90. The van der Waals surface area contributed by atoms with Gasteiger partial charge in [-0.3, -0.25) is 9.59 Å². The molecule has 0 aliphatic carbocycles. The highest BCUT2D eigenvalue weighted by Crippen LogP contribution is 2.08. The van der Waals surface area contributed by atoms with Crippen LogP contribution in [-0.2, 0) is 16.1 Å². The first kappa shape index (κ1) is 12.7. The van der Waals surface area contributed by atoms with Gasteiger partial charge in [-0.2, -0.15) is 0 Å². The van der Waals surface area contributed by atoms with Gasteiger partial charge in [-0.05, 0) is 17.9 Å². The van der Waals surface area contributed by atoms with Crippen LogP contribution in [0, 0.1) is 12.3 Å². The summed E-state index contributed by atoms with van der Waals surface area (Å²) in [5.41, 5.74) is 5.08. The van der Waals surface area contributed by atoms with Crippen LogP contribution in [0.2, 0.25) is 0 Å². The maximum absolute atomic E-state index is 11.4. The summed E-state index contributed by atoms with van der Waals surface area (Å²) in [7, 11) is 0. The van der Waals surface area contributed by atoms with Crippen LogP contribution < -0.4 is 11.1 Å². The van der Waals surface area contributed by atoms with E-state index in [0.717, 1.165) is 4.88 Å². The molecule has 0 unspecified atom stereocenters. The van der Waals surface area contributed by atoms with E-state index >= 15 is 0 Å². The Bertz CT molecular complexity index is 349. The van der Waals surface area contributed by atoms with Crippen molar-refractivity contribution < 1.29 is 9.59 Å². The molecule has 4 nitrogen and oxygen atoms in total. The van der Waals surface area contributed by atoms with Gasteiger partial charge in [0.05, 0.1) is 13.0 Å². The second-order valence-electron chi connectivity index (χ2n) is 3.54. The Morgan fingerprint density at radius 2 is 2.38 bits per heavy atom. The molecule has 0 bridgehead atoms. The number of carbonyl (C=O) groups is 2. The largest absolute Gasteiger partial charge is 0.369 e. The fourth-order valence-electron chi connectivity index (χ4n) is 1.06. The molecule has 0 saturated heterocycles. The van der Waals surface area contributed by atoms with Gasteiger partial charge in [0.1, 0.15) is 0 Å². The molecule has 0 spiro atoms. The first-order chi connectivity index (χ1) is 7.59. The Kier molecular flexibility index (Phi) is 4.98. The van der Waals surface area contributed by atoms with E-state index in [9.17, 15) is 9.59 Å². The van der Waals surface area contributed by atoms with Crippen molar-refractivity contribution in [2.24, 2.45) is 11.7 Å². The Morgan fingerprint density at radius 3 is 2.94 bits per heavy atom. The molecule has 87 valence electrons. The SMILES string of the molecule is C[C@@H](C[CH]C(=O)NCc1cccs1)C(N)=O. The van der Waals surface area contributed by atoms with E-state index in [-0.39, 0.29) is 17.7 Å². The summed E-state index contributed by atoms with van der Waals surface area (Å²) in [5.74, 6) is -0.851. The summed E-state index contributed by atoms with van der Waals surface area (Å²) in [5, 5.41) is 4.70. The molecule has 0 fully saturated rings. The molecule has 3 N–H and O–H groups in total. The predicted octanol–water partition coefficient (Wildman–Crippen LogP) is 1.08. The lowest BCUT2D eigenvalue weighted by atomic mass is 10.1. The summed E-state index contributed by atoms with van der Waals surface area (Å²) in [6, 6.07) is 3.89. The van der Waals surface area contributed by atoms with E-state index in [1.54, 1.807) is 18.3 Å². The van der Waals surface area contributed by atoms with Gasteiger partial charge in [0.15, 0.2) is 0 Å². The molecule has 5 heteroatoms. The van der Waals surface area contributed by atoms with Crippen molar-refractivity contribution >= 4 is 23.2 Å². The summed E-state index contributed by atoms with van der Waals surface area (Å²) in [6.07, 6.45) is 1.84. The molecule has 1 radical (unpaired) electrons. The van der Waals surface area contributed by atoms with Crippen LogP contribution in [0.4, 0.5) is 0 Å². The lowest BCUT2D eigenvalue weighted by Gasteiger charge is -2.06. The van der Waals surface area contributed by atoms with Crippen LogP contribution in [0.25, 0.3) is 0 Å². The third kappa shape index (κ3) is 4.44. The van der Waals surface area contributed by atoms with Crippen molar-refractivity contribution in [2.45, 2.75) is 19.9 Å². The minimum absolute atomic E-state index is 0.165. The standard InChI is InChI=1S/C11H15N2O2S/c1-8(11(12)15)4-5-10(14)13-7-9-3-2-6-16-9/h2-3,5-6,8H,4,7H2,1H3,(H2,12,15)(H,13,14)/t8-/m0/s1. The maximum Gasteiger partial charge on any atom is 0.224 e. The van der Waals surface area contributed by atoms with Gasteiger partial charge in [-0.1, -0.05) is 13.0 Å². The average molecular weight is 239 g/mol. The molecule has 2 amide bonds. The Morgan fingerprint density at radius 1 is 1.62 bits per heavy atom. The molecule has 1 heterocycles. The van der Waals surface area contributed by atoms with Crippen LogP contribution >= 0.6 is 11.3 Å². The zero-order valence-electron chi connectivity index (χ0n) is 9.10. The van der Waals surface area contributed by atoms with Gasteiger partial charge in [-0.25, -0.2) is 0 Å². The zero-order chi connectivity index (χ0) is 12.0. The molecule has 0 aliphatic heterocycles. The number of nitrogens with one attached hydrogen (secondary N) is 1. The van der Waals surface area contributed by atoms with Crippen molar-refractivity contribution in [3.05, 3.63) is 28.8 Å². The average Bonchev–Trinajstić information content (AvgIpc) is 2.75. The highest BCUT2D eigenvalue weighted by Gasteiger charge is 2.11. The number of hydrogen-bond donors (Lipinski definition) is 2. The molecule has 0 saturated carbocycles. The van der Waals surface area contributed by atoms with Crippen molar-refractivity contribution in [1.82, 2.24) is 5.32 Å². The van der Waals surface area contributed by atoms with Gasteiger partial charge in [-0.15, -0.1) is 11.3 Å². The number of hydrogen-bond acceptors (Lipinski definition) is 3. The van der Waals surface area contributed by atoms with Gasteiger partial charge in [0, 0.05) is 10.8 Å². The van der Waals surface area contributed by atoms with Crippen LogP contribution in [-0.4, -0.2) is 11.8 Å². The van der Waals surface area contributed by atoms with Gasteiger partial charge in [0.2, 0.25) is 11.8 Å². The van der Waals surface area contributed by atoms with Crippen LogP contribution in [0.15, 0.2) is 17.5 Å². The number of primary amides is 1. The minimum Gasteiger partial charge on any atom is -0.369 e. The number of nitrogens with two attached hydrogens (primary N) is 1. The Balaban J connectivity index is 2.19. The van der Waals surface area contributed by atoms with E-state index in [4.69, 9.17) is 5.73 Å². The van der Waals surface area contributed by atoms with E-state index in [2.05, 4.69) is 5.32 Å². The molecule has 1 aromatic heterocycles. The van der Waals surface area contributed by atoms with Crippen LogP contribution in [0.1, 0.15) is 18.2 Å². The Labute approximate surface area is 98.8 Å². The van der Waals surface area contributed by atoms with Gasteiger partial charge >= 0.3 is 0 Å². The highest BCUT2D eigenvalue weighted by atomic mass is 32.1. The third-order valence-electron chi connectivity index (χ3n) is 2.16. The molecule has 1 rings (SSSR count). The third-order valence-corrected chi connectivity index (χ3v) is 3.04. The normalized spacial score (nSPS) is 12.1. The van der Waals surface area contributed by atoms with Crippen LogP contribution in [0.5, 0.6) is 0 Å². The maximum atomic E-state index is 11.4. The minimum atomic E-state index is -0.387. The molecule has 1 atom stereocenters. The molecule has 0 aliphatic rings. The summed E-state index contributed by atoms with van der Waals surface area (Å²) < 4.78 is 0. The van der Waals surface area contributed by atoms with Gasteiger partial charge < -0.3 is 11.1 Å². The van der Waals surface area contributed by atoms with E-state index in [0.29, 0.717) is 13.0 Å². The number of thiophene rings is 1. The highest BCUT2D eigenvalue weighted by molar-refractivity contribution is 7.09. The quantitative estimate of drug-likeness (QED) is 0.779. The summed E-state index contributed by atoms with van der Waals surface area (Å²) in [6.45, 7) is 2.23. The Hall–Kier alpha value is -1.36.